The molecule has 0 bridgehead atoms. The number of carbonyl (C=O) groups is 3. The van der Waals surface area contributed by atoms with Crippen LogP contribution in [0.2, 0.25) is 0 Å². The Balaban J connectivity index is 1.83. The molecule has 0 unspecified atom stereocenters. The van der Waals surface area contributed by atoms with Crippen LogP contribution in [0.1, 0.15) is 36.5 Å². The van der Waals surface area contributed by atoms with Gasteiger partial charge >= 0.3 is 5.97 Å². The molecule has 0 aliphatic carbocycles. The predicted molar refractivity (Wildman–Crippen MR) is 93.2 cm³/mol. The van der Waals surface area contributed by atoms with E-state index in [9.17, 15) is 14.4 Å². The van der Waals surface area contributed by atoms with Crippen molar-refractivity contribution in [2.24, 2.45) is 0 Å². The average molecular weight is 363 g/mol. The predicted octanol–water partition coefficient (Wildman–Crippen LogP) is 2.67. The molecule has 2 aliphatic heterocycles. The topological polar surface area (TPSA) is 66.9 Å². The first-order valence-corrected chi connectivity index (χ1v) is 8.73. The normalized spacial score (nSPS) is 18.2. The Bertz CT molecular complexity index is 736. The summed E-state index contributed by atoms with van der Waals surface area (Å²) < 4.78 is 4.93. The lowest BCUT2D eigenvalue weighted by Crippen LogP contribution is -2.37. The fourth-order valence-electron chi connectivity index (χ4n) is 3.08. The Morgan fingerprint density at radius 2 is 1.72 bits per heavy atom. The van der Waals surface area contributed by atoms with Gasteiger partial charge in [-0.05, 0) is 50.5 Å². The van der Waals surface area contributed by atoms with E-state index in [0.717, 1.165) is 37.3 Å². The Kier molecular flexibility index (Phi) is 5.08. The smallest absolute Gasteiger partial charge is 0.338 e. The number of amides is 2. The molecule has 1 aromatic rings. The maximum atomic E-state index is 12.8. The first-order valence-electron chi connectivity index (χ1n) is 8.35. The minimum Gasteiger partial charge on any atom is -0.462 e. The molecule has 1 aromatic carbocycles. The minimum absolute atomic E-state index is 0.0404. The molecule has 0 N–H and O–H groups in total. The van der Waals surface area contributed by atoms with E-state index in [1.54, 1.807) is 19.1 Å². The molecule has 2 amide bonds. The van der Waals surface area contributed by atoms with E-state index in [-0.39, 0.29) is 17.3 Å². The van der Waals surface area contributed by atoms with E-state index in [2.05, 4.69) is 0 Å². The minimum atomic E-state index is -0.531. The van der Waals surface area contributed by atoms with E-state index in [4.69, 9.17) is 16.3 Å². The van der Waals surface area contributed by atoms with Gasteiger partial charge in [-0.15, -0.1) is 0 Å². The molecular weight excluding hydrogens is 344 g/mol. The van der Waals surface area contributed by atoms with Crippen molar-refractivity contribution in [2.75, 3.05) is 24.6 Å². The number of likely N-dealkylation sites (tertiary alicyclic amines) is 1. The summed E-state index contributed by atoms with van der Waals surface area (Å²) in [6.07, 6.45) is 3.06. The van der Waals surface area contributed by atoms with Gasteiger partial charge in [0.05, 0.1) is 17.9 Å². The van der Waals surface area contributed by atoms with Crippen molar-refractivity contribution >= 4 is 35.1 Å². The molecule has 0 aromatic heterocycles. The van der Waals surface area contributed by atoms with Crippen molar-refractivity contribution in [1.29, 1.82) is 0 Å². The van der Waals surface area contributed by atoms with Crippen molar-refractivity contribution in [3.05, 3.63) is 40.6 Å². The molecule has 132 valence electrons. The maximum absolute atomic E-state index is 12.8. The number of halogens is 1. The summed E-state index contributed by atoms with van der Waals surface area (Å²) in [4.78, 5) is 39.9. The highest BCUT2D eigenvalue weighted by atomic mass is 35.5. The van der Waals surface area contributed by atoms with E-state index in [1.165, 1.54) is 12.1 Å². The van der Waals surface area contributed by atoms with Gasteiger partial charge in [-0.2, -0.15) is 0 Å². The highest BCUT2D eigenvalue weighted by Gasteiger charge is 2.41. The van der Waals surface area contributed by atoms with Crippen LogP contribution in [0.25, 0.3) is 0 Å². The second-order valence-corrected chi connectivity index (χ2v) is 6.30. The summed E-state index contributed by atoms with van der Waals surface area (Å²) in [5.74, 6) is -1.39. The van der Waals surface area contributed by atoms with Crippen LogP contribution in [0.3, 0.4) is 0 Å². The van der Waals surface area contributed by atoms with Crippen LogP contribution in [0.4, 0.5) is 5.69 Å². The van der Waals surface area contributed by atoms with Gasteiger partial charge in [0.2, 0.25) is 0 Å². The summed E-state index contributed by atoms with van der Waals surface area (Å²) in [7, 11) is 0. The lowest BCUT2D eigenvalue weighted by molar-refractivity contribution is -0.121. The lowest BCUT2D eigenvalue weighted by Gasteiger charge is -2.29. The van der Waals surface area contributed by atoms with E-state index in [1.807, 2.05) is 4.90 Å². The van der Waals surface area contributed by atoms with Crippen molar-refractivity contribution < 1.29 is 19.1 Å². The fraction of sp³-hybridized carbons (Fsp3) is 0.389. The third kappa shape index (κ3) is 3.26. The largest absolute Gasteiger partial charge is 0.462 e. The number of hydrogen-bond acceptors (Lipinski definition) is 5. The van der Waals surface area contributed by atoms with E-state index in [0.29, 0.717) is 11.3 Å². The second-order valence-electron chi connectivity index (χ2n) is 5.92. The van der Waals surface area contributed by atoms with Crippen LogP contribution in [-0.2, 0) is 14.3 Å². The van der Waals surface area contributed by atoms with Gasteiger partial charge in [-0.1, -0.05) is 11.6 Å². The molecule has 2 aliphatic rings. The van der Waals surface area contributed by atoms with Crippen molar-refractivity contribution in [3.63, 3.8) is 0 Å². The zero-order valence-electron chi connectivity index (χ0n) is 14.0. The van der Waals surface area contributed by atoms with Crippen molar-refractivity contribution in [3.8, 4) is 0 Å². The monoisotopic (exact) mass is 362 g/mol. The molecule has 3 rings (SSSR count). The molecule has 1 fully saturated rings. The number of carbonyl (C=O) groups excluding carboxylic acids is 3. The number of rotatable bonds is 4. The first-order chi connectivity index (χ1) is 12.0. The standard InChI is InChI=1S/C18H19ClN2O4/c1-2-25-18(24)12-6-8-13(9-7-12)21-16(22)14(19)15(17(21)23)20-10-4-3-5-11-20/h6-9H,2-5,10-11H2,1H3. The third-order valence-corrected chi connectivity index (χ3v) is 4.65. The van der Waals surface area contributed by atoms with Gasteiger partial charge in [0, 0.05) is 13.1 Å². The number of nitrogens with zero attached hydrogens (tertiary/aromatic N) is 2. The number of imide groups is 1. The molecule has 6 nitrogen and oxygen atoms in total. The highest BCUT2D eigenvalue weighted by molar-refractivity contribution is 6.52. The summed E-state index contributed by atoms with van der Waals surface area (Å²) >= 11 is 6.18. The summed E-state index contributed by atoms with van der Waals surface area (Å²) in [5.41, 5.74) is 1.02. The molecule has 1 saturated heterocycles. The fourth-order valence-corrected chi connectivity index (χ4v) is 3.36. The zero-order chi connectivity index (χ0) is 18.0. The molecule has 25 heavy (non-hydrogen) atoms. The Labute approximate surface area is 151 Å². The second kappa shape index (κ2) is 7.27. The van der Waals surface area contributed by atoms with Crippen LogP contribution >= 0.6 is 11.6 Å². The molecule has 7 heteroatoms. The number of esters is 1. The maximum Gasteiger partial charge on any atom is 0.338 e. The van der Waals surface area contributed by atoms with Gasteiger partial charge in [0.1, 0.15) is 10.7 Å². The molecular formula is C18H19ClN2O4. The van der Waals surface area contributed by atoms with Gasteiger partial charge < -0.3 is 9.64 Å². The van der Waals surface area contributed by atoms with E-state index >= 15 is 0 Å². The average Bonchev–Trinajstić information content (AvgIpc) is 2.85. The zero-order valence-corrected chi connectivity index (χ0v) is 14.7. The number of ether oxygens (including phenoxy) is 1. The van der Waals surface area contributed by atoms with Gasteiger partial charge in [-0.25, -0.2) is 9.69 Å². The van der Waals surface area contributed by atoms with Gasteiger partial charge in [0.15, 0.2) is 0 Å². The number of anilines is 1. The number of benzene rings is 1. The molecule has 2 heterocycles. The third-order valence-electron chi connectivity index (χ3n) is 4.31. The molecule has 0 saturated carbocycles. The van der Waals surface area contributed by atoms with Crippen LogP contribution in [0, 0.1) is 0 Å². The van der Waals surface area contributed by atoms with Crippen LogP contribution < -0.4 is 4.90 Å². The van der Waals surface area contributed by atoms with Gasteiger partial charge in [0.25, 0.3) is 11.8 Å². The Morgan fingerprint density at radius 3 is 2.32 bits per heavy atom. The summed E-state index contributed by atoms with van der Waals surface area (Å²) in [6, 6.07) is 6.15. The van der Waals surface area contributed by atoms with Crippen LogP contribution in [0.15, 0.2) is 35.0 Å². The lowest BCUT2D eigenvalue weighted by atomic mass is 10.1. The Hall–Kier alpha value is -2.34. The SMILES string of the molecule is CCOC(=O)c1ccc(N2C(=O)C(Cl)=C(N3CCCCC3)C2=O)cc1. The molecule has 0 spiro atoms. The van der Waals surface area contributed by atoms with Gasteiger partial charge in [-0.3, -0.25) is 9.59 Å². The number of piperidine rings is 1. The highest BCUT2D eigenvalue weighted by Crippen LogP contribution is 2.32. The molecule has 0 radical (unpaired) electrons. The molecule has 0 atom stereocenters. The first kappa shape index (κ1) is 17.5. The quantitative estimate of drug-likeness (QED) is 0.608. The van der Waals surface area contributed by atoms with Crippen molar-refractivity contribution in [1.82, 2.24) is 4.90 Å². The van der Waals surface area contributed by atoms with Crippen LogP contribution in [0.5, 0.6) is 0 Å². The summed E-state index contributed by atoms with van der Waals surface area (Å²) in [6.45, 7) is 3.45. The van der Waals surface area contributed by atoms with E-state index < -0.39 is 17.8 Å². The Morgan fingerprint density at radius 1 is 1.08 bits per heavy atom. The number of hydrogen-bond donors (Lipinski definition) is 0. The summed E-state index contributed by atoms with van der Waals surface area (Å²) in [5, 5.41) is -0.0404. The van der Waals surface area contributed by atoms with Crippen LogP contribution in [-0.4, -0.2) is 42.4 Å². The van der Waals surface area contributed by atoms with Crippen molar-refractivity contribution in [2.45, 2.75) is 26.2 Å².